The van der Waals surface area contributed by atoms with Crippen LogP contribution in [0.15, 0.2) is 29.8 Å². The minimum atomic E-state index is 0.678. The van der Waals surface area contributed by atoms with Gasteiger partial charge in [-0.1, -0.05) is 43.0 Å². The van der Waals surface area contributed by atoms with Gasteiger partial charge in [-0.15, -0.1) is 0 Å². The van der Waals surface area contributed by atoms with Gasteiger partial charge in [0.1, 0.15) is 5.75 Å². The lowest BCUT2D eigenvalue weighted by molar-refractivity contribution is 0.340. The summed E-state index contributed by atoms with van der Waals surface area (Å²) in [6.45, 7) is 3.40. The van der Waals surface area contributed by atoms with Crippen molar-refractivity contribution >= 4 is 6.08 Å². The van der Waals surface area contributed by atoms with Gasteiger partial charge >= 0.3 is 0 Å². The van der Waals surface area contributed by atoms with E-state index in [-0.39, 0.29) is 0 Å². The van der Waals surface area contributed by atoms with Crippen LogP contribution >= 0.6 is 0 Å². The van der Waals surface area contributed by atoms with Gasteiger partial charge in [0.25, 0.3) is 0 Å². The maximum absolute atomic E-state index is 5.94. The van der Waals surface area contributed by atoms with E-state index in [4.69, 9.17) is 10.5 Å². The molecule has 1 fully saturated rings. The van der Waals surface area contributed by atoms with Gasteiger partial charge in [0.15, 0.2) is 0 Å². The summed E-state index contributed by atoms with van der Waals surface area (Å²) >= 11 is 0. The van der Waals surface area contributed by atoms with Crippen molar-refractivity contribution in [3.8, 4) is 5.75 Å². The van der Waals surface area contributed by atoms with Gasteiger partial charge in [-0.3, -0.25) is 0 Å². The van der Waals surface area contributed by atoms with Gasteiger partial charge in [-0.2, -0.15) is 0 Å². The Labute approximate surface area is 116 Å². The number of ether oxygens (including phenoxy) is 1. The smallest absolute Gasteiger partial charge is 0.119 e. The number of benzene rings is 1. The van der Waals surface area contributed by atoms with Gasteiger partial charge in [0, 0.05) is 6.54 Å². The number of rotatable bonds is 5. The molecule has 1 aliphatic carbocycles. The molecule has 1 aromatic rings. The van der Waals surface area contributed by atoms with Gasteiger partial charge in [-0.25, -0.2) is 0 Å². The third kappa shape index (κ3) is 4.10. The Kier molecular flexibility index (Phi) is 5.46. The van der Waals surface area contributed by atoms with E-state index < -0.39 is 0 Å². The topological polar surface area (TPSA) is 35.2 Å². The zero-order chi connectivity index (χ0) is 13.5. The van der Waals surface area contributed by atoms with E-state index in [1.165, 1.54) is 43.2 Å². The molecule has 2 N–H and O–H groups in total. The highest BCUT2D eigenvalue weighted by molar-refractivity contribution is 5.55. The molecule has 19 heavy (non-hydrogen) atoms. The van der Waals surface area contributed by atoms with Gasteiger partial charge in [0.2, 0.25) is 0 Å². The van der Waals surface area contributed by atoms with Crippen LogP contribution in [0.2, 0.25) is 0 Å². The van der Waals surface area contributed by atoms with Crippen molar-refractivity contribution in [1.29, 1.82) is 0 Å². The van der Waals surface area contributed by atoms with E-state index in [0.29, 0.717) is 19.1 Å². The van der Waals surface area contributed by atoms with Crippen LogP contribution in [0.3, 0.4) is 0 Å². The molecule has 2 rings (SSSR count). The van der Waals surface area contributed by atoms with E-state index >= 15 is 0 Å². The van der Waals surface area contributed by atoms with Crippen LogP contribution in [-0.2, 0) is 0 Å². The summed E-state index contributed by atoms with van der Waals surface area (Å²) in [7, 11) is 0. The first kappa shape index (κ1) is 14.1. The molecule has 0 heterocycles. The minimum Gasteiger partial charge on any atom is -0.494 e. The molecule has 1 saturated carbocycles. The Morgan fingerprint density at radius 3 is 2.47 bits per heavy atom. The summed E-state index contributed by atoms with van der Waals surface area (Å²) in [6, 6.07) is 8.29. The monoisotopic (exact) mass is 259 g/mol. The number of hydrogen-bond acceptors (Lipinski definition) is 2. The van der Waals surface area contributed by atoms with E-state index in [1.807, 2.05) is 19.1 Å². The summed E-state index contributed by atoms with van der Waals surface area (Å²) in [5, 5.41) is 0. The predicted octanol–water partition coefficient (Wildman–Crippen LogP) is 4.01. The van der Waals surface area contributed by atoms with E-state index in [9.17, 15) is 0 Å². The maximum Gasteiger partial charge on any atom is 0.119 e. The van der Waals surface area contributed by atoms with Crippen LogP contribution in [0, 0.1) is 5.92 Å². The second-order valence-corrected chi connectivity index (χ2v) is 5.26. The molecule has 0 bridgehead atoms. The quantitative estimate of drug-likeness (QED) is 0.867. The molecule has 104 valence electrons. The summed E-state index contributed by atoms with van der Waals surface area (Å²) in [5.41, 5.74) is 8.57. The first-order chi connectivity index (χ1) is 9.33. The first-order valence-corrected chi connectivity index (χ1v) is 7.47. The minimum absolute atomic E-state index is 0.678. The second-order valence-electron chi connectivity index (χ2n) is 5.26. The molecule has 0 amide bonds. The van der Waals surface area contributed by atoms with Crippen LogP contribution in [0.1, 0.15) is 44.6 Å². The zero-order valence-corrected chi connectivity index (χ0v) is 11.9. The zero-order valence-electron chi connectivity index (χ0n) is 11.9. The second kappa shape index (κ2) is 7.34. The summed E-state index contributed by atoms with van der Waals surface area (Å²) in [4.78, 5) is 0. The molecule has 0 radical (unpaired) electrons. The molecule has 0 aromatic heterocycles. The van der Waals surface area contributed by atoms with E-state index in [1.54, 1.807) is 0 Å². The van der Waals surface area contributed by atoms with Crippen LogP contribution in [0.4, 0.5) is 0 Å². The van der Waals surface area contributed by atoms with Gasteiger partial charge < -0.3 is 10.5 Å². The molecule has 1 aromatic carbocycles. The van der Waals surface area contributed by atoms with Gasteiger partial charge in [-0.05, 0) is 43.4 Å². The van der Waals surface area contributed by atoms with E-state index in [2.05, 4.69) is 18.2 Å². The van der Waals surface area contributed by atoms with Crippen LogP contribution in [-0.4, -0.2) is 13.2 Å². The van der Waals surface area contributed by atoms with Crippen molar-refractivity contribution in [1.82, 2.24) is 0 Å². The third-order valence-electron chi connectivity index (χ3n) is 3.91. The highest BCUT2D eigenvalue weighted by Crippen LogP contribution is 2.30. The predicted molar refractivity (Wildman–Crippen MR) is 81.2 cm³/mol. The fraction of sp³-hybridized carbons (Fsp3) is 0.529. The largest absolute Gasteiger partial charge is 0.494 e. The van der Waals surface area contributed by atoms with E-state index in [0.717, 1.165) is 5.75 Å². The highest BCUT2D eigenvalue weighted by atomic mass is 16.5. The molecule has 0 unspecified atom stereocenters. The summed E-state index contributed by atoms with van der Waals surface area (Å²) in [6.07, 6.45) is 8.97. The number of nitrogens with two attached hydrogens (primary N) is 1. The lowest BCUT2D eigenvalue weighted by Gasteiger charge is -2.24. The Bertz CT molecular complexity index is 402. The summed E-state index contributed by atoms with van der Waals surface area (Å²) in [5.74, 6) is 1.64. The molecule has 0 spiro atoms. The average molecular weight is 259 g/mol. The summed E-state index contributed by atoms with van der Waals surface area (Å²) < 4.78 is 5.46. The maximum atomic E-state index is 5.94. The van der Waals surface area contributed by atoms with Crippen molar-refractivity contribution in [2.45, 2.75) is 39.0 Å². The normalized spacial score (nSPS) is 17.5. The van der Waals surface area contributed by atoms with Crippen molar-refractivity contribution in [3.05, 3.63) is 35.4 Å². The van der Waals surface area contributed by atoms with Crippen molar-refractivity contribution in [3.63, 3.8) is 0 Å². The Morgan fingerprint density at radius 2 is 1.89 bits per heavy atom. The van der Waals surface area contributed by atoms with Crippen molar-refractivity contribution in [2.24, 2.45) is 11.7 Å². The van der Waals surface area contributed by atoms with Crippen molar-refractivity contribution < 1.29 is 4.74 Å². The lowest BCUT2D eigenvalue weighted by atomic mass is 9.83. The van der Waals surface area contributed by atoms with Gasteiger partial charge in [0.05, 0.1) is 6.61 Å². The molecule has 1 aliphatic rings. The van der Waals surface area contributed by atoms with Crippen LogP contribution < -0.4 is 10.5 Å². The Balaban J connectivity index is 2.07. The molecule has 2 heteroatoms. The fourth-order valence-corrected chi connectivity index (χ4v) is 2.86. The van der Waals surface area contributed by atoms with Crippen molar-refractivity contribution in [2.75, 3.05) is 13.2 Å². The molecular formula is C17H25NO. The lowest BCUT2D eigenvalue weighted by Crippen LogP contribution is -2.16. The SMILES string of the molecule is CCOc1ccc(C=C(CN)C2CCCCC2)cc1. The standard InChI is InChI=1S/C17H25NO/c1-2-19-17-10-8-14(9-11-17)12-16(13-18)15-6-4-3-5-7-15/h8-12,15H,2-7,13,18H2,1H3. The third-order valence-corrected chi connectivity index (χ3v) is 3.91. The molecular weight excluding hydrogens is 234 g/mol. The Hall–Kier alpha value is -1.28. The van der Waals surface area contributed by atoms with Crippen LogP contribution in [0.5, 0.6) is 5.75 Å². The average Bonchev–Trinajstić information content (AvgIpc) is 2.48. The number of hydrogen-bond donors (Lipinski definition) is 1. The molecule has 0 saturated heterocycles. The first-order valence-electron chi connectivity index (χ1n) is 7.47. The fourth-order valence-electron chi connectivity index (χ4n) is 2.86. The molecule has 0 atom stereocenters. The molecule has 2 nitrogen and oxygen atoms in total. The Morgan fingerprint density at radius 1 is 1.21 bits per heavy atom. The highest BCUT2D eigenvalue weighted by Gasteiger charge is 2.16. The molecule has 0 aliphatic heterocycles. The van der Waals surface area contributed by atoms with Crippen LogP contribution in [0.25, 0.3) is 6.08 Å².